The summed E-state index contributed by atoms with van der Waals surface area (Å²) < 4.78 is 123. The van der Waals surface area contributed by atoms with Crippen molar-refractivity contribution in [2.45, 2.75) is 89.2 Å². The van der Waals surface area contributed by atoms with Crippen LogP contribution in [0, 0.1) is 0 Å². The lowest BCUT2D eigenvalue weighted by molar-refractivity contribution is -0.143. The first-order chi connectivity index (χ1) is 20.0. The number of guanidine groups is 1. The molecule has 16 heteroatoms. The molecule has 1 aromatic carbocycles. The minimum Gasteiger partial charge on any atom is -0.332 e. The third-order valence-electron chi connectivity index (χ3n) is 7.37. The van der Waals surface area contributed by atoms with E-state index in [2.05, 4.69) is 26.4 Å². The second-order valence-electron chi connectivity index (χ2n) is 10.7. The van der Waals surface area contributed by atoms with Crippen molar-refractivity contribution < 1.29 is 39.5 Å². The van der Waals surface area contributed by atoms with Crippen molar-refractivity contribution in [1.29, 1.82) is 0 Å². The summed E-state index contributed by atoms with van der Waals surface area (Å²) in [5, 5.41) is 8.82. The number of alkyl halides is 9. The lowest BCUT2D eigenvalue weighted by Gasteiger charge is -2.30. The maximum Gasteiger partial charge on any atom is 0.417 e. The average Bonchev–Trinajstić information content (AvgIpc) is 3.36. The lowest BCUT2D eigenvalue weighted by atomic mass is 9.93. The van der Waals surface area contributed by atoms with Crippen LogP contribution in [0.4, 0.5) is 39.5 Å². The zero-order valence-corrected chi connectivity index (χ0v) is 23.4. The highest BCUT2D eigenvalue weighted by atomic mass is 19.4. The summed E-state index contributed by atoms with van der Waals surface area (Å²) in [6.45, 7) is 0.953. The molecule has 0 bridgehead atoms. The second kappa shape index (κ2) is 12.8. The van der Waals surface area contributed by atoms with Crippen molar-refractivity contribution in [3.63, 3.8) is 0 Å². The van der Waals surface area contributed by atoms with Crippen LogP contribution in [0.25, 0.3) is 0 Å². The highest BCUT2D eigenvalue weighted by Gasteiger charge is 2.38. The second-order valence-corrected chi connectivity index (χ2v) is 10.7. The van der Waals surface area contributed by atoms with Gasteiger partial charge in [-0.2, -0.15) is 39.5 Å². The average molecular weight is 626 g/mol. The Bertz CT molecular complexity index is 1250. The van der Waals surface area contributed by atoms with Gasteiger partial charge in [0.25, 0.3) is 0 Å². The van der Waals surface area contributed by atoms with Crippen molar-refractivity contribution >= 4 is 5.96 Å². The van der Waals surface area contributed by atoms with Crippen molar-refractivity contribution in [3.05, 3.63) is 64.0 Å². The molecule has 0 amide bonds. The van der Waals surface area contributed by atoms with Gasteiger partial charge in [0, 0.05) is 38.4 Å². The number of hydrogen-bond donors (Lipinski definition) is 3. The molecule has 1 aromatic heterocycles. The number of rotatable bonds is 8. The first kappa shape index (κ1) is 32.6. The molecule has 43 heavy (non-hydrogen) atoms. The van der Waals surface area contributed by atoms with Crippen molar-refractivity contribution in [1.82, 2.24) is 31.3 Å². The van der Waals surface area contributed by atoms with E-state index >= 15 is 0 Å². The zero-order valence-electron chi connectivity index (χ0n) is 23.4. The first-order valence-electron chi connectivity index (χ1n) is 13.7. The van der Waals surface area contributed by atoms with Gasteiger partial charge in [0.05, 0.1) is 22.4 Å². The molecular weight excluding hydrogens is 593 g/mol. The Hall–Kier alpha value is -3.27. The number of aromatic nitrogens is 1. The molecule has 1 aliphatic carbocycles. The van der Waals surface area contributed by atoms with Gasteiger partial charge >= 0.3 is 18.5 Å². The summed E-state index contributed by atoms with van der Waals surface area (Å²) >= 11 is 0. The smallest absolute Gasteiger partial charge is 0.332 e. The van der Waals surface area contributed by atoms with Crippen LogP contribution in [0.15, 0.2) is 35.6 Å². The number of hydrogen-bond acceptors (Lipinski definition) is 7. The van der Waals surface area contributed by atoms with E-state index in [0.29, 0.717) is 24.2 Å². The normalized spacial score (nSPS) is 17.6. The number of hydrazine groups is 2. The van der Waals surface area contributed by atoms with E-state index in [4.69, 9.17) is 0 Å². The van der Waals surface area contributed by atoms with Gasteiger partial charge in [0.2, 0.25) is 5.96 Å². The molecule has 2 aromatic rings. The van der Waals surface area contributed by atoms with E-state index in [1.54, 1.807) is 0 Å². The molecule has 4 rings (SSSR count). The largest absolute Gasteiger partial charge is 0.417 e. The van der Waals surface area contributed by atoms with Crippen LogP contribution in [0.3, 0.4) is 0 Å². The van der Waals surface area contributed by atoms with Crippen LogP contribution >= 0.6 is 0 Å². The number of pyridine rings is 1. The fraction of sp³-hybridized carbons (Fsp3) is 0.556. The number of nitrogens with zero attached hydrogens (tertiary/aromatic N) is 4. The van der Waals surface area contributed by atoms with Gasteiger partial charge < -0.3 is 10.2 Å². The van der Waals surface area contributed by atoms with Crippen LogP contribution in [0.2, 0.25) is 0 Å². The van der Waals surface area contributed by atoms with Gasteiger partial charge in [-0.25, -0.2) is 5.12 Å². The van der Waals surface area contributed by atoms with Crippen molar-refractivity contribution in [2.75, 3.05) is 7.05 Å². The summed E-state index contributed by atoms with van der Waals surface area (Å²) in [7, 11) is 1.47. The summed E-state index contributed by atoms with van der Waals surface area (Å²) in [6.07, 6.45) is -8.75. The quantitative estimate of drug-likeness (QED) is 0.283. The molecule has 1 fully saturated rings. The Balaban J connectivity index is 1.76. The molecule has 1 atom stereocenters. The molecule has 0 spiro atoms. The van der Waals surface area contributed by atoms with Crippen LogP contribution in [0.1, 0.15) is 85.0 Å². The fourth-order valence-electron chi connectivity index (χ4n) is 5.27. The maximum absolute atomic E-state index is 13.8. The molecule has 2 heterocycles. The van der Waals surface area contributed by atoms with E-state index < -0.39 is 47.8 Å². The molecule has 1 unspecified atom stereocenters. The fourth-order valence-corrected chi connectivity index (χ4v) is 5.27. The SMILES string of the molecule is CCC(NC1CCCCC1)c1ncc(C(F)(F)F)cc1CN(Cc1cc(C(F)(F)F)cc(C(F)(F)F)c1)C1=NN(C)NN1. The molecule has 1 saturated carbocycles. The Morgan fingerprint density at radius 1 is 0.884 bits per heavy atom. The molecule has 1 aliphatic heterocycles. The molecule has 7 nitrogen and oxygen atoms in total. The molecule has 0 saturated heterocycles. The Morgan fingerprint density at radius 3 is 2.00 bits per heavy atom. The van der Waals surface area contributed by atoms with Crippen LogP contribution in [-0.4, -0.2) is 34.1 Å². The Labute approximate surface area is 242 Å². The minimum absolute atomic E-state index is 0.0200. The highest BCUT2D eigenvalue weighted by Crippen LogP contribution is 2.37. The predicted octanol–water partition coefficient (Wildman–Crippen LogP) is 6.74. The minimum atomic E-state index is -5.07. The monoisotopic (exact) mass is 625 g/mol. The van der Waals surface area contributed by atoms with Crippen LogP contribution in [0.5, 0.6) is 0 Å². The van der Waals surface area contributed by atoms with Gasteiger partial charge in [0.1, 0.15) is 0 Å². The number of nitrogens with one attached hydrogen (secondary N) is 3. The van der Waals surface area contributed by atoms with Gasteiger partial charge in [0.15, 0.2) is 0 Å². The number of benzene rings is 1. The molecule has 238 valence electrons. The summed E-state index contributed by atoms with van der Waals surface area (Å²) in [4.78, 5) is 5.45. The standard InChI is InChI=1S/C27H32F9N7/c1-3-22(38-21-7-5-4-6-8-21)23-17(11-20(13-37-23)27(34,35)36)15-43(24-39-41-42(2)40-24)14-16-9-18(25(28,29)30)12-19(10-16)26(31,32)33/h9-13,21-22,38,41H,3-8,14-15H2,1-2H3,(H,39,40). The molecular formula is C27H32F9N7. The van der Waals surface area contributed by atoms with Crippen LogP contribution < -0.4 is 16.3 Å². The first-order valence-corrected chi connectivity index (χ1v) is 13.7. The topological polar surface area (TPSA) is 67.8 Å². The lowest BCUT2D eigenvalue weighted by Crippen LogP contribution is -2.44. The zero-order chi connectivity index (χ0) is 31.6. The maximum atomic E-state index is 13.8. The van der Waals surface area contributed by atoms with E-state index in [9.17, 15) is 39.5 Å². The van der Waals surface area contributed by atoms with E-state index in [0.717, 1.165) is 44.4 Å². The third-order valence-corrected chi connectivity index (χ3v) is 7.37. The van der Waals surface area contributed by atoms with Gasteiger partial charge in [-0.1, -0.05) is 26.2 Å². The van der Waals surface area contributed by atoms with Crippen molar-refractivity contribution in [2.24, 2.45) is 5.10 Å². The summed E-state index contributed by atoms with van der Waals surface area (Å²) in [5.41, 5.74) is 1.27. The molecule has 0 radical (unpaired) electrons. The van der Waals surface area contributed by atoms with Crippen LogP contribution in [-0.2, 0) is 31.6 Å². The molecule has 2 aliphatic rings. The number of halogens is 9. The van der Waals surface area contributed by atoms with E-state index in [-0.39, 0.29) is 35.7 Å². The Morgan fingerprint density at radius 2 is 1.49 bits per heavy atom. The summed E-state index contributed by atoms with van der Waals surface area (Å²) in [6, 6.07) is 1.80. The van der Waals surface area contributed by atoms with E-state index in [1.807, 2.05) is 6.92 Å². The van der Waals surface area contributed by atoms with Crippen molar-refractivity contribution in [3.8, 4) is 0 Å². The van der Waals surface area contributed by atoms with Gasteiger partial charge in [-0.3, -0.25) is 10.4 Å². The van der Waals surface area contributed by atoms with E-state index in [1.165, 1.54) is 17.1 Å². The molecule has 3 N–H and O–H groups in total. The van der Waals surface area contributed by atoms with Gasteiger partial charge in [-0.05, 0) is 54.7 Å². The Kier molecular flexibility index (Phi) is 9.69. The van der Waals surface area contributed by atoms with Gasteiger partial charge in [-0.15, -0.1) is 10.6 Å². The summed E-state index contributed by atoms with van der Waals surface area (Å²) in [5.74, 6) is -0.0230. The third kappa shape index (κ3) is 8.43. The predicted molar refractivity (Wildman–Crippen MR) is 139 cm³/mol. The number of hydrazone groups is 1. The highest BCUT2D eigenvalue weighted by molar-refractivity contribution is 5.80.